The Hall–Kier alpha value is -1.59. The summed E-state index contributed by atoms with van der Waals surface area (Å²) in [6, 6.07) is 9.59. The molecule has 5 heteroatoms. The summed E-state index contributed by atoms with van der Waals surface area (Å²) in [5.41, 5.74) is 0. The monoisotopic (exact) mass is 278 g/mol. The van der Waals surface area contributed by atoms with E-state index in [1.807, 2.05) is 37.3 Å². The highest BCUT2D eigenvalue weighted by atomic mass is 16.5. The van der Waals surface area contributed by atoms with Crippen molar-refractivity contribution in [2.24, 2.45) is 0 Å². The van der Waals surface area contributed by atoms with Gasteiger partial charge in [-0.25, -0.2) is 0 Å². The van der Waals surface area contributed by atoms with Crippen molar-refractivity contribution in [2.75, 3.05) is 39.4 Å². The average molecular weight is 278 g/mol. The van der Waals surface area contributed by atoms with Crippen LogP contribution in [0.15, 0.2) is 30.3 Å². The molecule has 2 rings (SSSR count). The SMILES string of the molecule is CC1CN(CC(=O)NCCOc2ccccc2)CCO1. The predicted octanol–water partition coefficient (Wildman–Crippen LogP) is 0.902. The van der Waals surface area contributed by atoms with Crippen LogP contribution in [-0.4, -0.2) is 56.3 Å². The summed E-state index contributed by atoms with van der Waals surface area (Å²) in [7, 11) is 0. The molecule has 1 amide bonds. The second-order valence-electron chi connectivity index (χ2n) is 4.93. The van der Waals surface area contributed by atoms with Gasteiger partial charge in [0.1, 0.15) is 12.4 Å². The van der Waals surface area contributed by atoms with E-state index in [0.29, 0.717) is 26.3 Å². The molecule has 0 aliphatic carbocycles. The first-order valence-electron chi connectivity index (χ1n) is 7.02. The maximum absolute atomic E-state index is 11.8. The van der Waals surface area contributed by atoms with Crippen LogP contribution in [0.1, 0.15) is 6.92 Å². The Kier molecular flexibility index (Phi) is 5.83. The highest BCUT2D eigenvalue weighted by Gasteiger charge is 2.18. The average Bonchev–Trinajstić information content (AvgIpc) is 2.45. The Morgan fingerprint density at radius 1 is 1.45 bits per heavy atom. The van der Waals surface area contributed by atoms with E-state index in [1.165, 1.54) is 0 Å². The molecule has 1 aliphatic rings. The van der Waals surface area contributed by atoms with Gasteiger partial charge in [-0.3, -0.25) is 9.69 Å². The summed E-state index contributed by atoms with van der Waals surface area (Å²) in [6.07, 6.45) is 0.206. The van der Waals surface area contributed by atoms with Gasteiger partial charge >= 0.3 is 0 Å². The molecule has 0 aromatic heterocycles. The van der Waals surface area contributed by atoms with E-state index in [9.17, 15) is 4.79 Å². The van der Waals surface area contributed by atoms with Gasteiger partial charge < -0.3 is 14.8 Å². The minimum Gasteiger partial charge on any atom is -0.492 e. The van der Waals surface area contributed by atoms with Crippen LogP contribution in [0.3, 0.4) is 0 Å². The van der Waals surface area contributed by atoms with Crippen LogP contribution in [0.4, 0.5) is 0 Å². The lowest BCUT2D eigenvalue weighted by Gasteiger charge is -2.30. The van der Waals surface area contributed by atoms with Crippen molar-refractivity contribution in [1.29, 1.82) is 0 Å². The summed E-state index contributed by atoms with van der Waals surface area (Å²) in [6.45, 7) is 5.79. The van der Waals surface area contributed by atoms with Crippen LogP contribution < -0.4 is 10.1 Å². The van der Waals surface area contributed by atoms with E-state index < -0.39 is 0 Å². The van der Waals surface area contributed by atoms with Crippen LogP contribution in [0.5, 0.6) is 5.75 Å². The summed E-state index contributed by atoms with van der Waals surface area (Å²) < 4.78 is 11.0. The van der Waals surface area contributed by atoms with Gasteiger partial charge in [0.25, 0.3) is 0 Å². The molecule has 0 saturated carbocycles. The first kappa shape index (κ1) is 14.8. The van der Waals surface area contributed by atoms with Crippen LogP contribution in [-0.2, 0) is 9.53 Å². The number of rotatable bonds is 6. The summed E-state index contributed by atoms with van der Waals surface area (Å²) in [5.74, 6) is 0.861. The summed E-state index contributed by atoms with van der Waals surface area (Å²) in [5, 5.41) is 2.87. The molecular formula is C15H22N2O3. The number of hydrogen-bond acceptors (Lipinski definition) is 4. The molecule has 1 aromatic carbocycles. The van der Waals surface area contributed by atoms with Crippen LogP contribution >= 0.6 is 0 Å². The zero-order chi connectivity index (χ0) is 14.2. The Balaban J connectivity index is 1.58. The number of morpholine rings is 1. The molecule has 110 valence electrons. The highest BCUT2D eigenvalue weighted by Crippen LogP contribution is 2.07. The largest absolute Gasteiger partial charge is 0.492 e. The third-order valence-corrected chi connectivity index (χ3v) is 3.13. The van der Waals surface area contributed by atoms with Crippen molar-refractivity contribution in [3.63, 3.8) is 0 Å². The van der Waals surface area contributed by atoms with E-state index in [4.69, 9.17) is 9.47 Å². The molecule has 5 nitrogen and oxygen atoms in total. The fourth-order valence-electron chi connectivity index (χ4n) is 2.17. The van der Waals surface area contributed by atoms with Crippen LogP contribution in [0, 0.1) is 0 Å². The molecule has 0 radical (unpaired) electrons. The number of carbonyl (C=O) groups is 1. The van der Waals surface area contributed by atoms with E-state index in [-0.39, 0.29) is 12.0 Å². The first-order chi connectivity index (χ1) is 9.74. The molecule has 1 aliphatic heterocycles. The van der Waals surface area contributed by atoms with Crippen LogP contribution in [0.2, 0.25) is 0 Å². The molecule has 1 unspecified atom stereocenters. The third-order valence-electron chi connectivity index (χ3n) is 3.13. The molecule has 1 fully saturated rings. The molecule has 1 saturated heterocycles. The number of carbonyl (C=O) groups excluding carboxylic acids is 1. The van der Waals surface area contributed by atoms with Gasteiger partial charge in [-0.1, -0.05) is 18.2 Å². The molecule has 1 heterocycles. The van der Waals surface area contributed by atoms with Gasteiger partial charge in [-0.15, -0.1) is 0 Å². The van der Waals surface area contributed by atoms with Crippen molar-refractivity contribution in [1.82, 2.24) is 10.2 Å². The Morgan fingerprint density at radius 2 is 2.25 bits per heavy atom. The predicted molar refractivity (Wildman–Crippen MR) is 76.8 cm³/mol. The highest BCUT2D eigenvalue weighted by molar-refractivity contribution is 5.78. The smallest absolute Gasteiger partial charge is 0.234 e. The number of para-hydroxylation sites is 1. The molecule has 0 bridgehead atoms. The van der Waals surface area contributed by atoms with Crippen molar-refractivity contribution < 1.29 is 14.3 Å². The standard InChI is InChI=1S/C15H22N2O3/c1-13-11-17(8-10-19-13)12-15(18)16-7-9-20-14-5-3-2-4-6-14/h2-6,13H,7-12H2,1H3,(H,16,18). The number of benzene rings is 1. The van der Waals surface area contributed by atoms with E-state index in [2.05, 4.69) is 10.2 Å². The molecular weight excluding hydrogens is 256 g/mol. The van der Waals surface area contributed by atoms with E-state index in [1.54, 1.807) is 0 Å². The van der Waals surface area contributed by atoms with Gasteiger partial charge in [0.15, 0.2) is 0 Å². The number of ether oxygens (including phenoxy) is 2. The molecule has 20 heavy (non-hydrogen) atoms. The lowest BCUT2D eigenvalue weighted by atomic mass is 10.3. The Bertz CT molecular complexity index is 411. The minimum atomic E-state index is 0.0377. The van der Waals surface area contributed by atoms with Gasteiger partial charge in [-0.05, 0) is 19.1 Å². The lowest BCUT2D eigenvalue weighted by molar-refractivity contribution is -0.124. The van der Waals surface area contributed by atoms with Gasteiger partial charge in [0.05, 0.1) is 25.8 Å². The maximum atomic E-state index is 11.8. The van der Waals surface area contributed by atoms with Gasteiger partial charge in [-0.2, -0.15) is 0 Å². The molecule has 0 spiro atoms. The number of amides is 1. The number of nitrogens with zero attached hydrogens (tertiary/aromatic N) is 1. The number of hydrogen-bond donors (Lipinski definition) is 1. The van der Waals surface area contributed by atoms with Crippen molar-refractivity contribution >= 4 is 5.91 Å². The fourth-order valence-corrected chi connectivity index (χ4v) is 2.17. The molecule has 1 atom stereocenters. The van der Waals surface area contributed by atoms with E-state index in [0.717, 1.165) is 18.8 Å². The topological polar surface area (TPSA) is 50.8 Å². The first-order valence-corrected chi connectivity index (χ1v) is 7.02. The Morgan fingerprint density at radius 3 is 3.00 bits per heavy atom. The summed E-state index contributed by atoms with van der Waals surface area (Å²) >= 11 is 0. The van der Waals surface area contributed by atoms with E-state index >= 15 is 0 Å². The normalized spacial score (nSPS) is 19.6. The summed E-state index contributed by atoms with van der Waals surface area (Å²) in [4.78, 5) is 13.9. The van der Waals surface area contributed by atoms with Crippen molar-refractivity contribution in [2.45, 2.75) is 13.0 Å². The van der Waals surface area contributed by atoms with Gasteiger partial charge in [0.2, 0.25) is 5.91 Å². The van der Waals surface area contributed by atoms with Crippen LogP contribution in [0.25, 0.3) is 0 Å². The number of nitrogens with one attached hydrogen (secondary N) is 1. The molecule has 1 N–H and O–H groups in total. The quantitative estimate of drug-likeness (QED) is 0.786. The van der Waals surface area contributed by atoms with Crippen molar-refractivity contribution in [3.8, 4) is 5.75 Å². The zero-order valence-corrected chi connectivity index (χ0v) is 11.9. The third kappa shape index (κ3) is 5.19. The Labute approximate surface area is 119 Å². The zero-order valence-electron chi connectivity index (χ0n) is 11.9. The van der Waals surface area contributed by atoms with Gasteiger partial charge in [0, 0.05) is 13.1 Å². The maximum Gasteiger partial charge on any atom is 0.234 e. The molecule has 1 aromatic rings. The second-order valence-corrected chi connectivity index (χ2v) is 4.93. The van der Waals surface area contributed by atoms with Crippen molar-refractivity contribution in [3.05, 3.63) is 30.3 Å². The fraction of sp³-hybridized carbons (Fsp3) is 0.533. The second kappa shape index (κ2) is 7.87. The lowest BCUT2D eigenvalue weighted by Crippen LogP contribution is -2.46. The minimum absolute atomic E-state index is 0.0377.